The van der Waals surface area contributed by atoms with Crippen LogP contribution in [0.15, 0.2) is 0 Å². The monoisotopic (exact) mass is 162 g/mol. The van der Waals surface area contributed by atoms with Crippen molar-refractivity contribution in [1.29, 1.82) is 0 Å². The van der Waals surface area contributed by atoms with Crippen LogP contribution in [0.25, 0.3) is 0 Å². The summed E-state index contributed by atoms with van der Waals surface area (Å²) >= 11 is 0. The van der Waals surface area contributed by atoms with Crippen LogP contribution in [-0.2, 0) is 0 Å². The summed E-state index contributed by atoms with van der Waals surface area (Å²) in [6.45, 7) is 0. The Morgan fingerprint density at radius 2 is 1.58 bits per heavy atom. The summed E-state index contributed by atoms with van der Waals surface area (Å²) in [5.41, 5.74) is 0.797. The van der Waals surface area contributed by atoms with Gasteiger partial charge in [0.25, 0.3) is 0 Å². The minimum atomic E-state index is 0.797. The largest absolute Gasteiger partial charge is 0.0859 e. The summed E-state index contributed by atoms with van der Waals surface area (Å²) < 4.78 is 0. The molecule has 0 aromatic carbocycles. The van der Waals surface area contributed by atoms with E-state index in [0.717, 1.165) is 17.7 Å². The topological polar surface area (TPSA) is 0 Å². The molecule has 0 N–H and O–H groups in total. The molecule has 1 spiro atoms. The van der Waals surface area contributed by atoms with Gasteiger partial charge in [-0.1, -0.05) is 32.0 Å². The van der Waals surface area contributed by atoms with Gasteiger partial charge in [-0.15, -0.1) is 0 Å². The van der Waals surface area contributed by atoms with Gasteiger partial charge in [-0.3, -0.25) is 0 Å². The first-order valence-electron chi connectivity index (χ1n) is 5.55. The molecule has 2 rings (SSSR count). The second kappa shape index (κ2) is 3.43. The maximum atomic E-state index is 5.69. The van der Waals surface area contributed by atoms with Gasteiger partial charge in [0.15, 0.2) is 0 Å². The average molecular weight is 162 g/mol. The van der Waals surface area contributed by atoms with E-state index in [2.05, 4.69) is 0 Å². The maximum Gasteiger partial charge on any atom is 0.0656 e. The first-order valence-corrected chi connectivity index (χ1v) is 5.55. The van der Waals surface area contributed by atoms with Crippen molar-refractivity contribution in [1.82, 2.24) is 0 Å². The van der Waals surface area contributed by atoms with Crippen molar-refractivity contribution in [2.75, 3.05) is 0 Å². The summed E-state index contributed by atoms with van der Waals surface area (Å²) in [7, 11) is 5.69. The molecule has 0 nitrogen and oxygen atoms in total. The molecule has 0 heterocycles. The lowest BCUT2D eigenvalue weighted by Crippen LogP contribution is -2.24. The second-order valence-electron chi connectivity index (χ2n) is 4.89. The van der Waals surface area contributed by atoms with Crippen molar-refractivity contribution in [3.63, 3.8) is 0 Å². The normalized spacial score (nSPS) is 29.7. The molecule has 0 amide bonds. The van der Waals surface area contributed by atoms with Gasteiger partial charge in [-0.2, -0.15) is 0 Å². The van der Waals surface area contributed by atoms with Crippen molar-refractivity contribution in [2.45, 2.75) is 57.7 Å². The molecule has 2 saturated carbocycles. The minimum absolute atomic E-state index is 0.797. The van der Waals surface area contributed by atoms with E-state index < -0.39 is 0 Å². The summed E-state index contributed by atoms with van der Waals surface area (Å²) in [5, 5.41) is 0. The first kappa shape index (κ1) is 8.65. The molecule has 0 atom stereocenters. The summed E-state index contributed by atoms with van der Waals surface area (Å²) in [4.78, 5) is 0. The third-order valence-electron chi connectivity index (χ3n) is 4.16. The fraction of sp³-hybridized carbons (Fsp3) is 1.00. The fourth-order valence-corrected chi connectivity index (χ4v) is 3.15. The van der Waals surface area contributed by atoms with E-state index in [9.17, 15) is 0 Å². The molecule has 2 radical (unpaired) electrons. The SMILES string of the molecule is [B]CC1CCC2(CCCC2)CC1. The quantitative estimate of drug-likeness (QED) is 0.519. The average Bonchev–Trinajstić information content (AvgIpc) is 2.55. The Labute approximate surface area is 77.5 Å². The summed E-state index contributed by atoms with van der Waals surface area (Å²) in [6.07, 6.45) is 12.7. The molecule has 0 saturated heterocycles. The van der Waals surface area contributed by atoms with Gasteiger partial charge in [0.1, 0.15) is 0 Å². The van der Waals surface area contributed by atoms with Gasteiger partial charge >= 0.3 is 0 Å². The molecular formula is C11H19B. The Kier molecular flexibility index (Phi) is 2.48. The molecule has 66 valence electrons. The molecule has 0 aromatic heterocycles. The second-order valence-corrected chi connectivity index (χ2v) is 4.89. The van der Waals surface area contributed by atoms with E-state index in [1.165, 1.54) is 51.4 Å². The van der Waals surface area contributed by atoms with Crippen molar-refractivity contribution in [3.8, 4) is 0 Å². The zero-order chi connectivity index (χ0) is 8.44. The third kappa shape index (κ3) is 1.55. The van der Waals surface area contributed by atoms with Crippen LogP contribution in [0, 0.1) is 11.3 Å². The van der Waals surface area contributed by atoms with Gasteiger partial charge in [-0.05, 0) is 37.0 Å². The van der Waals surface area contributed by atoms with Crippen LogP contribution in [0.2, 0.25) is 6.32 Å². The van der Waals surface area contributed by atoms with Gasteiger partial charge in [0.05, 0.1) is 7.85 Å². The molecule has 12 heavy (non-hydrogen) atoms. The van der Waals surface area contributed by atoms with Crippen LogP contribution in [0.4, 0.5) is 0 Å². The molecule has 0 bridgehead atoms. The number of hydrogen-bond acceptors (Lipinski definition) is 0. The zero-order valence-corrected chi connectivity index (χ0v) is 8.02. The molecule has 2 aliphatic carbocycles. The van der Waals surface area contributed by atoms with Crippen LogP contribution in [0.5, 0.6) is 0 Å². The molecule has 2 aliphatic rings. The number of rotatable bonds is 1. The highest BCUT2D eigenvalue weighted by atomic mass is 14.4. The Balaban J connectivity index is 1.88. The first-order chi connectivity index (χ1) is 5.85. The van der Waals surface area contributed by atoms with E-state index >= 15 is 0 Å². The molecule has 0 aliphatic heterocycles. The van der Waals surface area contributed by atoms with Crippen LogP contribution in [0.1, 0.15) is 51.4 Å². The van der Waals surface area contributed by atoms with E-state index in [0.29, 0.717) is 0 Å². The van der Waals surface area contributed by atoms with Crippen molar-refractivity contribution in [2.24, 2.45) is 11.3 Å². The van der Waals surface area contributed by atoms with Crippen LogP contribution < -0.4 is 0 Å². The zero-order valence-electron chi connectivity index (χ0n) is 8.02. The lowest BCUT2D eigenvalue weighted by molar-refractivity contribution is 0.163. The Hall–Kier alpha value is 0.0649. The number of hydrogen-bond donors (Lipinski definition) is 0. The lowest BCUT2D eigenvalue weighted by atomic mass is 9.67. The van der Waals surface area contributed by atoms with Crippen molar-refractivity contribution < 1.29 is 0 Å². The van der Waals surface area contributed by atoms with Gasteiger partial charge in [0.2, 0.25) is 0 Å². The fourth-order valence-electron chi connectivity index (χ4n) is 3.15. The van der Waals surface area contributed by atoms with E-state index in [1.54, 1.807) is 0 Å². The minimum Gasteiger partial charge on any atom is -0.0859 e. The molecule has 0 aromatic rings. The van der Waals surface area contributed by atoms with Gasteiger partial charge < -0.3 is 0 Å². The van der Waals surface area contributed by atoms with Gasteiger partial charge in [-0.25, -0.2) is 0 Å². The van der Waals surface area contributed by atoms with Crippen molar-refractivity contribution >= 4 is 7.85 Å². The summed E-state index contributed by atoms with van der Waals surface area (Å²) in [6, 6.07) is 0. The molecule has 1 heteroatoms. The van der Waals surface area contributed by atoms with Crippen molar-refractivity contribution in [3.05, 3.63) is 0 Å². The highest BCUT2D eigenvalue weighted by Crippen LogP contribution is 2.50. The van der Waals surface area contributed by atoms with Crippen LogP contribution >= 0.6 is 0 Å². The lowest BCUT2D eigenvalue weighted by Gasteiger charge is -2.37. The van der Waals surface area contributed by atoms with E-state index in [4.69, 9.17) is 7.85 Å². The smallest absolute Gasteiger partial charge is 0.0656 e. The summed E-state index contributed by atoms with van der Waals surface area (Å²) in [5.74, 6) is 0.858. The van der Waals surface area contributed by atoms with Crippen LogP contribution in [-0.4, -0.2) is 7.85 Å². The molecule has 2 fully saturated rings. The highest BCUT2D eigenvalue weighted by Gasteiger charge is 2.36. The van der Waals surface area contributed by atoms with Crippen LogP contribution in [0.3, 0.4) is 0 Å². The molecular weight excluding hydrogens is 143 g/mol. The third-order valence-corrected chi connectivity index (χ3v) is 4.16. The Morgan fingerprint density at radius 1 is 1.00 bits per heavy atom. The standard InChI is InChI=1S/C11H19B/c12-9-10-3-7-11(8-4-10)5-1-2-6-11/h10H,1-9H2. The molecule has 0 unspecified atom stereocenters. The highest BCUT2D eigenvalue weighted by molar-refractivity contribution is 6.08. The van der Waals surface area contributed by atoms with Gasteiger partial charge in [0, 0.05) is 0 Å². The predicted octanol–water partition coefficient (Wildman–Crippen LogP) is 3.32. The maximum absolute atomic E-state index is 5.69. The Morgan fingerprint density at radius 3 is 2.08 bits per heavy atom. The van der Waals surface area contributed by atoms with E-state index in [-0.39, 0.29) is 0 Å². The Bertz CT molecular complexity index is 137. The van der Waals surface area contributed by atoms with E-state index in [1.807, 2.05) is 0 Å². The predicted molar refractivity (Wildman–Crippen MR) is 53.4 cm³/mol.